The molecule has 1 aliphatic rings. The molecule has 0 saturated heterocycles. The van der Waals surface area contributed by atoms with Gasteiger partial charge in [0.2, 0.25) is 11.8 Å². The van der Waals surface area contributed by atoms with Gasteiger partial charge in [0.1, 0.15) is 6.04 Å². The number of amides is 2. The highest BCUT2D eigenvalue weighted by molar-refractivity contribution is 6.01. The Kier molecular flexibility index (Phi) is 5.95. The summed E-state index contributed by atoms with van der Waals surface area (Å²) in [4.78, 5) is 26.7. The van der Waals surface area contributed by atoms with Gasteiger partial charge >= 0.3 is 0 Å². The summed E-state index contributed by atoms with van der Waals surface area (Å²) in [6.45, 7) is 2.85. The van der Waals surface area contributed by atoms with Crippen LogP contribution < -0.4 is 10.2 Å². The lowest BCUT2D eigenvalue weighted by molar-refractivity contribution is -0.126. The van der Waals surface area contributed by atoms with Gasteiger partial charge in [-0.05, 0) is 30.9 Å². The van der Waals surface area contributed by atoms with E-state index in [4.69, 9.17) is 4.74 Å². The van der Waals surface area contributed by atoms with E-state index in [0.29, 0.717) is 26.0 Å². The van der Waals surface area contributed by atoms with E-state index in [1.807, 2.05) is 31.2 Å². The standard InChI is InChI=1S/C17H24N2O3/c1-3-14(17(21)18-11-12-22-2)19-15-9-5-4-7-13(15)8-6-10-16(19)20/h4-5,7,9,14H,3,6,8,10-12H2,1-2H3,(H,18,21). The van der Waals surface area contributed by atoms with Crippen LogP contribution in [-0.4, -0.2) is 38.1 Å². The lowest BCUT2D eigenvalue weighted by atomic mass is 10.1. The highest BCUT2D eigenvalue weighted by atomic mass is 16.5. The smallest absolute Gasteiger partial charge is 0.243 e. The zero-order valence-electron chi connectivity index (χ0n) is 13.3. The minimum Gasteiger partial charge on any atom is -0.383 e. The van der Waals surface area contributed by atoms with Gasteiger partial charge in [0.15, 0.2) is 0 Å². The summed E-state index contributed by atoms with van der Waals surface area (Å²) in [6, 6.07) is 7.40. The molecule has 0 fully saturated rings. The molecule has 1 N–H and O–H groups in total. The molecule has 1 aliphatic heterocycles. The summed E-state index contributed by atoms with van der Waals surface area (Å²) in [7, 11) is 1.60. The number of hydrogen-bond acceptors (Lipinski definition) is 3. The van der Waals surface area contributed by atoms with Crippen molar-refractivity contribution in [1.29, 1.82) is 0 Å². The summed E-state index contributed by atoms with van der Waals surface area (Å²) in [5.41, 5.74) is 2.01. The second kappa shape index (κ2) is 7.94. The van der Waals surface area contributed by atoms with Crippen molar-refractivity contribution in [2.24, 2.45) is 0 Å². The molecule has 1 aromatic rings. The third-order valence-corrected chi connectivity index (χ3v) is 3.96. The molecular formula is C17H24N2O3. The second-order valence-corrected chi connectivity index (χ2v) is 5.45. The molecule has 22 heavy (non-hydrogen) atoms. The number of aryl methyl sites for hydroxylation is 1. The number of para-hydroxylation sites is 1. The summed E-state index contributed by atoms with van der Waals surface area (Å²) in [5.74, 6) is -0.0942. The Hall–Kier alpha value is -1.88. The number of carbonyl (C=O) groups is 2. The van der Waals surface area contributed by atoms with E-state index >= 15 is 0 Å². The van der Waals surface area contributed by atoms with Crippen LogP contribution in [0.1, 0.15) is 31.7 Å². The van der Waals surface area contributed by atoms with Crippen LogP contribution in [0.3, 0.4) is 0 Å². The van der Waals surface area contributed by atoms with Crippen molar-refractivity contribution in [3.63, 3.8) is 0 Å². The Morgan fingerprint density at radius 2 is 2.14 bits per heavy atom. The number of benzene rings is 1. The third kappa shape index (κ3) is 3.65. The van der Waals surface area contributed by atoms with Gasteiger partial charge in [0.25, 0.3) is 0 Å². The fraction of sp³-hybridized carbons (Fsp3) is 0.529. The predicted octanol–water partition coefficient (Wildman–Crippen LogP) is 1.90. The van der Waals surface area contributed by atoms with E-state index in [9.17, 15) is 9.59 Å². The predicted molar refractivity (Wildman–Crippen MR) is 85.8 cm³/mol. The molecule has 1 aromatic carbocycles. The topological polar surface area (TPSA) is 58.6 Å². The van der Waals surface area contributed by atoms with Gasteiger partial charge in [-0.25, -0.2) is 0 Å². The highest BCUT2D eigenvalue weighted by Gasteiger charge is 2.32. The number of fused-ring (bicyclic) bond motifs is 1. The maximum atomic E-state index is 12.5. The fourth-order valence-electron chi connectivity index (χ4n) is 2.86. The van der Waals surface area contributed by atoms with Crippen LogP contribution in [0.5, 0.6) is 0 Å². The molecule has 5 heteroatoms. The molecule has 0 radical (unpaired) electrons. The van der Waals surface area contributed by atoms with E-state index in [1.54, 1.807) is 12.0 Å². The van der Waals surface area contributed by atoms with Gasteiger partial charge in [-0.1, -0.05) is 25.1 Å². The van der Waals surface area contributed by atoms with Crippen LogP contribution in [0, 0.1) is 0 Å². The second-order valence-electron chi connectivity index (χ2n) is 5.45. The van der Waals surface area contributed by atoms with Crippen LogP contribution in [0.15, 0.2) is 24.3 Å². The maximum Gasteiger partial charge on any atom is 0.243 e. The average Bonchev–Trinajstić information content (AvgIpc) is 2.68. The van der Waals surface area contributed by atoms with E-state index in [0.717, 1.165) is 24.1 Å². The highest BCUT2D eigenvalue weighted by Crippen LogP contribution is 2.29. The van der Waals surface area contributed by atoms with Crippen LogP contribution in [0.2, 0.25) is 0 Å². The number of hydrogen-bond donors (Lipinski definition) is 1. The van der Waals surface area contributed by atoms with E-state index < -0.39 is 6.04 Å². The molecule has 2 amide bonds. The molecule has 1 unspecified atom stereocenters. The van der Waals surface area contributed by atoms with Crippen LogP contribution in [-0.2, 0) is 20.7 Å². The number of nitrogens with zero attached hydrogens (tertiary/aromatic N) is 1. The van der Waals surface area contributed by atoms with Crippen molar-refractivity contribution in [2.75, 3.05) is 25.2 Å². The van der Waals surface area contributed by atoms with Gasteiger partial charge in [-0.15, -0.1) is 0 Å². The average molecular weight is 304 g/mol. The van der Waals surface area contributed by atoms with Gasteiger partial charge in [0, 0.05) is 25.8 Å². The van der Waals surface area contributed by atoms with Crippen molar-refractivity contribution in [3.05, 3.63) is 29.8 Å². The van der Waals surface area contributed by atoms with E-state index in [1.165, 1.54) is 0 Å². The third-order valence-electron chi connectivity index (χ3n) is 3.96. The number of nitrogens with one attached hydrogen (secondary N) is 1. The van der Waals surface area contributed by atoms with Gasteiger partial charge in [-0.2, -0.15) is 0 Å². The lowest BCUT2D eigenvalue weighted by Gasteiger charge is -2.30. The van der Waals surface area contributed by atoms with E-state index in [2.05, 4.69) is 5.32 Å². The quantitative estimate of drug-likeness (QED) is 0.817. The summed E-state index contributed by atoms with van der Waals surface area (Å²) >= 11 is 0. The molecule has 120 valence electrons. The Balaban J connectivity index is 2.25. The van der Waals surface area contributed by atoms with Gasteiger partial charge < -0.3 is 10.1 Å². The zero-order chi connectivity index (χ0) is 15.9. The number of anilines is 1. The zero-order valence-corrected chi connectivity index (χ0v) is 13.3. The van der Waals surface area contributed by atoms with Crippen molar-refractivity contribution in [2.45, 2.75) is 38.6 Å². The van der Waals surface area contributed by atoms with Crippen LogP contribution in [0.4, 0.5) is 5.69 Å². The SMILES string of the molecule is CCC(C(=O)NCCOC)N1C(=O)CCCc2ccccc21. The first-order valence-electron chi connectivity index (χ1n) is 7.85. The van der Waals surface area contributed by atoms with Gasteiger partial charge in [0.05, 0.1) is 6.61 Å². The number of carbonyl (C=O) groups excluding carboxylic acids is 2. The minimum absolute atomic E-state index is 0.0266. The van der Waals surface area contributed by atoms with Crippen molar-refractivity contribution < 1.29 is 14.3 Å². The van der Waals surface area contributed by atoms with Crippen LogP contribution >= 0.6 is 0 Å². The summed E-state index contributed by atoms with van der Waals surface area (Å²) < 4.78 is 4.95. The molecule has 0 aromatic heterocycles. The Morgan fingerprint density at radius 1 is 1.36 bits per heavy atom. The fourth-order valence-corrected chi connectivity index (χ4v) is 2.86. The molecule has 0 aliphatic carbocycles. The first-order chi connectivity index (χ1) is 10.7. The van der Waals surface area contributed by atoms with Crippen LogP contribution in [0.25, 0.3) is 0 Å². The maximum absolute atomic E-state index is 12.5. The Bertz CT molecular complexity index is 530. The van der Waals surface area contributed by atoms with Crippen molar-refractivity contribution in [3.8, 4) is 0 Å². The molecule has 0 bridgehead atoms. The molecule has 1 heterocycles. The Labute approximate surface area is 131 Å². The summed E-state index contributed by atoms with van der Waals surface area (Å²) in [5, 5.41) is 2.85. The number of ether oxygens (including phenoxy) is 1. The molecule has 2 rings (SSSR count). The van der Waals surface area contributed by atoms with Crippen molar-refractivity contribution >= 4 is 17.5 Å². The Morgan fingerprint density at radius 3 is 2.86 bits per heavy atom. The first kappa shape index (κ1) is 16.5. The lowest BCUT2D eigenvalue weighted by Crippen LogP contribution is -2.50. The van der Waals surface area contributed by atoms with Gasteiger partial charge in [-0.3, -0.25) is 14.5 Å². The monoisotopic (exact) mass is 304 g/mol. The molecular weight excluding hydrogens is 280 g/mol. The minimum atomic E-state index is -0.469. The largest absolute Gasteiger partial charge is 0.383 e. The molecule has 1 atom stereocenters. The molecule has 0 spiro atoms. The molecule has 0 saturated carbocycles. The number of methoxy groups -OCH3 is 1. The normalized spacial score (nSPS) is 15.9. The van der Waals surface area contributed by atoms with Crippen molar-refractivity contribution in [1.82, 2.24) is 5.32 Å². The number of rotatable bonds is 6. The first-order valence-corrected chi connectivity index (χ1v) is 7.85. The molecule has 5 nitrogen and oxygen atoms in total. The van der Waals surface area contributed by atoms with E-state index in [-0.39, 0.29) is 11.8 Å². The summed E-state index contributed by atoms with van der Waals surface area (Å²) in [6.07, 6.45) is 2.77.